The normalized spacial score (nSPS) is 23.1. The molecule has 6 nitrogen and oxygen atoms in total. The topological polar surface area (TPSA) is 58.4 Å². The quantitative estimate of drug-likeness (QED) is 0.818. The van der Waals surface area contributed by atoms with Crippen LogP contribution in [0.2, 0.25) is 0 Å². The molecule has 2 aliphatic rings. The van der Waals surface area contributed by atoms with Gasteiger partial charge >= 0.3 is 6.18 Å². The summed E-state index contributed by atoms with van der Waals surface area (Å²) in [5.74, 6) is -2.28. The Morgan fingerprint density at radius 2 is 2.00 bits per heavy atom. The number of likely N-dealkylation sites (tertiary alicyclic amines) is 1. The summed E-state index contributed by atoms with van der Waals surface area (Å²) in [7, 11) is 1.72. The number of anilines is 1. The minimum Gasteiger partial charge on any atom is -0.341 e. The number of nitrogens with zero attached hydrogens (tertiary/aromatic N) is 4. The van der Waals surface area contributed by atoms with E-state index in [0.29, 0.717) is 12.1 Å². The van der Waals surface area contributed by atoms with Gasteiger partial charge in [-0.25, -0.2) is 0 Å². The van der Waals surface area contributed by atoms with Crippen molar-refractivity contribution in [3.05, 3.63) is 12.4 Å². The van der Waals surface area contributed by atoms with Crippen molar-refractivity contribution in [1.82, 2.24) is 14.7 Å². The first-order valence-electron chi connectivity index (χ1n) is 7.40. The van der Waals surface area contributed by atoms with Crippen molar-refractivity contribution in [3.63, 3.8) is 0 Å². The monoisotopic (exact) mass is 330 g/mol. The molecule has 0 spiro atoms. The van der Waals surface area contributed by atoms with Gasteiger partial charge in [0.1, 0.15) is 0 Å². The molecule has 126 valence electrons. The lowest BCUT2D eigenvalue weighted by atomic mass is 9.92. The second-order valence-electron chi connectivity index (χ2n) is 6.09. The zero-order chi connectivity index (χ0) is 16.8. The zero-order valence-corrected chi connectivity index (χ0v) is 12.6. The van der Waals surface area contributed by atoms with Crippen LogP contribution in [0.4, 0.5) is 18.9 Å². The Kier molecular flexibility index (Phi) is 3.81. The van der Waals surface area contributed by atoms with E-state index in [-0.39, 0.29) is 37.9 Å². The molecular weight excluding hydrogens is 313 g/mol. The standard InChI is InChI=1S/C14H17F3N4O2/c1-19-8-11(4-18-19)21-5-9(2-3-12(21)22)13(23)20-6-10(7-20)14(15,16)17/h4,8-10H,2-3,5-7H2,1H3. The van der Waals surface area contributed by atoms with Crippen molar-refractivity contribution in [2.45, 2.75) is 19.0 Å². The number of carbonyl (C=O) groups is 2. The third kappa shape index (κ3) is 3.04. The van der Waals surface area contributed by atoms with Crippen molar-refractivity contribution in [3.8, 4) is 0 Å². The van der Waals surface area contributed by atoms with Gasteiger partial charge in [0.15, 0.2) is 0 Å². The lowest BCUT2D eigenvalue weighted by Gasteiger charge is -2.43. The maximum atomic E-state index is 12.5. The molecule has 2 aliphatic heterocycles. The number of hydrogen-bond acceptors (Lipinski definition) is 3. The van der Waals surface area contributed by atoms with Crippen LogP contribution in [0.1, 0.15) is 12.8 Å². The van der Waals surface area contributed by atoms with E-state index in [1.54, 1.807) is 17.9 Å². The lowest BCUT2D eigenvalue weighted by Crippen LogP contribution is -2.58. The number of halogens is 3. The molecule has 1 aromatic rings. The van der Waals surface area contributed by atoms with Gasteiger partial charge in [-0.2, -0.15) is 18.3 Å². The molecule has 2 saturated heterocycles. The fourth-order valence-electron chi connectivity index (χ4n) is 2.97. The van der Waals surface area contributed by atoms with Crippen molar-refractivity contribution < 1.29 is 22.8 Å². The van der Waals surface area contributed by atoms with Crippen molar-refractivity contribution >= 4 is 17.5 Å². The van der Waals surface area contributed by atoms with E-state index in [1.807, 2.05) is 0 Å². The Hall–Kier alpha value is -2.06. The largest absolute Gasteiger partial charge is 0.395 e. The molecule has 0 aromatic carbocycles. The first kappa shape index (κ1) is 15.8. The van der Waals surface area contributed by atoms with Gasteiger partial charge in [-0.05, 0) is 6.42 Å². The summed E-state index contributed by atoms with van der Waals surface area (Å²) in [6.07, 6.45) is -0.452. The molecule has 1 atom stereocenters. The van der Waals surface area contributed by atoms with Crippen LogP contribution in [-0.2, 0) is 16.6 Å². The number of carbonyl (C=O) groups excluding carboxylic acids is 2. The lowest BCUT2D eigenvalue weighted by molar-refractivity contribution is -0.210. The van der Waals surface area contributed by atoms with Crippen LogP contribution in [0.3, 0.4) is 0 Å². The summed E-state index contributed by atoms with van der Waals surface area (Å²) in [4.78, 5) is 27.1. The average molecular weight is 330 g/mol. The second kappa shape index (κ2) is 5.54. The van der Waals surface area contributed by atoms with Crippen LogP contribution in [0.15, 0.2) is 12.4 Å². The zero-order valence-electron chi connectivity index (χ0n) is 12.6. The SMILES string of the molecule is Cn1cc(N2CC(C(=O)N3CC(C(F)(F)F)C3)CCC2=O)cn1. The Bertz CT molecular complexity index is 622. The summed E-state index contributed by atoms with van der Waals surface area (Å²) < 4.78 is 39.1. The third-order valence-corrected chi connectivity index (χ3v) is 4.42. The van der Waals surface area contributed by atoms with Crippen LogP contribution in [0.25, 0.3) is 0 Å². The molecule has 23 heavy (non-hydrogen) atoms. The minimum absolute atomic E-state index is 0.0983. The van der Waals surface area contributed by atoms with E-state index in [0.717, 1.165) is 0 Å². The van der Waals surface area contributed by atoms with E-state index in [2.05, 4.69) is 5.10 Å². The van der Waals surface area contributed by atoms with Gasteiger partial charge in [0, 0.05) is 39.3 Å². The van der Waals surface area contributed by atoms with Crippen LogP contribution < -0.4 is 4.90 Å². The first-order chi connectivity index (χ1) is 10.8. The smallest absolute Gasteiger partial charge is 0.341 e. The molecule has 0 radical (unpaired) electrons. The summed E-state index contributed by atoms with van der Waals surface area (Å²) >= 11 is 0. The predicted octanol–water partition coefficient (Wildman–Crippen LogP) is 1.18. The number of alkyl halides is 3. The van der Waals surface area contributed by atoms with Gasteiger partial charge in [0.2, 0.25) is 11.8 Å². The van der Waals surface area contributed by atoms with Gasteiger partial charge < -0.3 is 9.80 Å². The number of rotatable bonds is 2. The Balaban J connectivity index is 1.63. The molecule has 2 fully saturated rings. The van der Waals surface area contributed by atoms with Crippen molar-refractivity contribution in [2.24, 2.45) is 18.9 Å². The van der Waals surface area contributed by atoms with Crippen LogP contribution in [0.5, 0.6) is 0 Å². The molecule has 0 N–H and O–H groups in total. The molecule has 0 saturated carbocycles. The third-order valence-electron chi connectivity index (χ3n) is 4.42. The molecule has 3 rings (SSSR count). The number of amides is 2. The summed E-state index contributed by atoms with van der Waals surface area (Å²) in [5.41, 5.74) is 0.603. The fourth-order valence-corrected chi connectivity index (χ4v) is 2.97. The Morgan fingerprint density at radius 1 is 1.30 bits per heavy atom. The molecule has 2 amide bonds. The molecular formula is C14H17F3N4O2. The highest BCUT2D eigenvalue weighted by atomic mass is 19.4. The van der Waals surface area contributed by atoms with Gasteiger partial charge in [-0.3, -0.25) is 14.3 Å². The molecule has 1 aromatic heterocycles. The van der Waals surface area contributed by atoms with E-state index < -0.39 is 18.0 Å². The van der Waals surface area contributed by atoms with Gasteiger partial charge in [-0.15, -0.1) is 0 Å². The summed E-state index contributed by atoms with van der Waals surface area (Å²) in [6.45, 7) is -0.365. The van der Waals surface area contributed by atoms with Gasteiger partial charge in [0.05, 0.1) is 23.7 Å². The van der Waals surface area contributed by atoms with E-state index in [1.165, 1.54) is 16.0 Å². The minimum atomic E-state index is -4.25. The Morgan fingerprint density at radius 3 is 2.57 bits per heavy atom. The molecule has 0 aliphatic carbocycles. The second-order valence-corrected chi connectivity index (χ2v) is 6.09. The van der Waals surface area contributed by atoms with Crippen molar-refractivity contribution in [1.29, 1.82) is 0 Å². The molecule has 3 heterocycles. The number of hydrogen-bond donors (Lipinski definition) is 0. The summed E-state index contributed by atoms with van der Waals surface area (Å²) in [5, 5.41) is 4.00. The number of piperidine rings is 1. The highest BCUT2D eigenvalue weighted by Crippen LogP contribution is 2.35. The molecule has 9 heteroatoms. The van der Waals surface area contributed by atoms with Crippen LogP contribution >= 0.6 is 0 Å². The first-order valence-corrected chi connectivity index (χ1v) is 7.40. The molecule has 0 bridgehead atoms. The summed E-state index contributed by atoms with van der Waals surface area (Å²) in [6, 6.07) is 0. The Labute approximate surface area is 130 Å². The van der Waals surface area contributed by atoms with E-state index in [4.69, 9.17) is 0 Å². The average Bonchev–Trinajstić information content (AvgIpc) is 2.82. The fraction of sp³-hybridized carbons (Fsp3) is 0.643. The van der Waals surface area contributed by atoms with E-state index >= 15 is 0 Å². The number of aromatic nitrogens is 2. The van der Waals surface area contributed by atoms with Gasteiger partial charge in [-0.1, -0.05) is 0 Å². The number of aryl methyl sites for hydroxylation is 1. The van der Waals surface area contributed by atoms with Crippen LogP contribution in [0, 0.1) is 11.8 Å². The van der Waals surface area contributed by atoms with E-state index in [9.17, 15) is 22.8 Å². The highest BCUT2D eigenvalue weighted by molar-refractivity contribution is 5.96. The molecule has 1 unspecified atom stereocenters. The predicted molar refractivity (Wildman–Crippen MR) is 74.4 cm³/mol. The van der Waals surface area contributed by atoms with Crippen LogP contribution in [-0.4, -0.2) is 52.3 Å². The highest BCUT2D eigenvalue weighted by Gasteiger charge is 2.49. The maximum absolute atomic E-state index is 12.5. The van der Waals surface area contributed by atoms with Crippen molar-refractivity contribution in [2.75, 3.05) is 24.5 Å². The maximum Gasteiger partial charge on any atom is 0.395 e. The van der Waals surface area contributed by atoms with Gasteiger partial charge in [0.25, 0.3) is 0 Å².